The van der Waals surface area contributed by atoms with Crippen LogP contribution in [0, 0.1) is 0 Å². The van der Waals surface area contributed by atoms with E-state index in [2.05, 4.69) is 26.2 Å². The molecule has 5 nitrogen and oxygen atoms in total. The van der Waals surface area contributed by atoms with Crippen molar-refractivity contribution in [1.82, 2.24) is 24.3 Å². The molecule has 0 aliphatic heterocycles. The summed E-state index contributed by atoms with van der Waals surface area (Å²) in [5.74, 6) is 0. The van der Waals surface area contributed by atoms with Gasteiger partial charge in [-0.05, 0) is 12.1 Å². The van der Waals surface area contributed by atoms with Gasteiger partial charge in [-0.15, -0.1) is 0 Å². The third-order valence-electron chi connectivity index (χ3n) is 3.04. The van der Waals surface area contributed by atoms with Crippen molar-refractivity contribution in [1.29, 1.82) is 0 Å². The highest BCUT2D eigenvalue weighted by molar-refractivity contribution is 5.88. The van der Waals surface area contributed by atoms with Crippen molar-refractivity contribution in [3.05, 3.63) is 37.1 Å². The number of hydrogen-bond donors (Lipinski definition) is 0. The molecule has 0 atom stereocenters. The molecule has 0 saturated heterocycles. The van der Waals surface area contributed by atoms with Gasteiger partial charge in [0.25, 0.3) is 0 Å². The third-order valence-corrected chi connectivity index (χ3v) is 3.04. The monoisotopic (exact) mass is 239 g/mol. The molecule has 0 aliphatic rings. The van der Waals surface area contributed by atoms with Gasteiger partial charge in [-0.2, -0.15) is 5.10 Å². The molecule has 0 fully saturated rings. The summed E-state index contributed by atoms with van der Waals surface area (Å²) in [7, 11) is 3.90. The van der Waals surface area contributed by atoms with Crippen LogP contribution >= 0.6 is 0 Å². The SMILES string of the molecule is C=Cc1ncnc2cc(-c3cnn(C)c3)n(C)c12. The van der Waals surface area contributed by atoms with E-state index in [0.29, 0.717) is 0 Å². The van der Waals surface area contributed by atoms with Gasteiger partial charge >= 0.3 is 0 Å². The predicted molar refractivity (Wildman–Crippen MR) is 70.8 cm³/mol. The summed E-state index contributed by atoms with van der Waals surface area (Å²) in [6, 6.07) is 2.04. The van der Waals surface area contributed by atoms with E-state index in [9.17, 15) is 0 Å². The van der Waals surface area contributed by atoms with Crippen LogP contribution in [0.15, 0.2) is 31.4 Å². The lowest BCUT2D eigenvalue weighted by atomic mass is 10.2. The standard InChI is InChI=1S/C13H13N5/c1-4-10-13-11(15-8-14-10)5-12(18(13)3)9-6-16-17(2)7-9/h4-8H,1H2,2-3H3. The van der Waals surface area contributed by atoms with Gasteiger partial charge < -0.3 is 4.57 Å². The minimum absolute atomic E-state index is 0.845. The van der Waals surface area contributed by atoms with Crippen LogP contribution in [0.5, 0.6) is 0 Å². The highest BCUT2D eigenvalue weighted by Crippen LogP contribution is 2.27. The van der Waals surface area contributed by atoms with Crippen molar-refractivity contribution in [2.75, 3.05) is 0 Å². The van der Waals surface area contributed by atoms with Crippen LogP contribution in [0.3, 0.4) is 0 Å². The summed E-state index contributed by atoms with van der Waals surface area (Å²) >= 11 is 0. The summed E-state index contributed by atoms with van der Waals surface area (Å²) in [6.07, 6.45) is 7.13. The number of nitrogens with zero attached hydrogens (tertiary/aromatic N) is 5. The van der Waals surface area contributed by atoms with Gasteiger partial charge in [-0.1, -0.05) is 6.58 Å². The van der Waals surface area contributed by atoms with Crippen molar-refractivity contribution < 1.29 is 0 Å². The molecule has 0 bridgehead atoms. The molecule has 0 unspecified atom stereocenters. The summed E-state index contributed by atoms with van der Waals surface area (Å²) in [4.78, 5) is 8.52. The van der Waals surface area contributed by atoms with Gasteiger partial charge in [0.1, 0.15) is 6.33 Å². The summed E-state index contributed by atoms with van der Waals surface area (Å²) in [6.45, 7) is 3.79. The average Bonchev–Trinajstić information content (AvgIpc) is 2.93. The Balaban J connectivity index is 2.32. The topological polar surface area (TPSA) is 48.5 Å². The highest BCUT2D eigenvalue weighted by Gasteiger charge is 2.12. The van der Waals surface area contributed by atoms with Crippen LogP contribution in [-0.2, 0) is 14.1 Å². The molecule has 3 aromatic rings. The van der Waals surface area contributed by atoms with E-state index in [1.807, 2.05) is 32.6 Å². The molecule has 0 N–H and O–H groups in total. The van der Waals surface area contributed by atoms with Gasteiger partial charge in [0.15, 0.2) is 0 Å². The maximum absolute atomic E-state index is 4.30. The first kappa shape index (κ1) is 10.7. The van der Waals surface area contributed by atoms with Crippen LogP contribution in [0.25, 0.3) is 28.4 Å². The lowest BCUT2D eigenvalue weighted by Gasteiger charge is -2.02. The molecule has 0 amide bonds. The van der Waals surface area contributed by atoms with E-state index < -0.39 is 0 Å². The first-order valence-corrected chi connectivity index (χ1v) is 5.62. The Morgan fingerprint density at radius 1 is 1.28 bits per heavy atom. The minimum Gasteiger partial charge on any atom is -0.340 e. The van der Waals surface area contributed by atoms with Crippen molar-refractivity contribution in [2.24, 2.45) is 14.1 Å². The van der Waals surface area contributed by atoms with Crippen molar-refractivity contribution in [3.63, 3.8) is 0 Å². The summed E-state index contributed by atoms with van der Waals surface area (Å²) < 4.78 is 3.86. The van der Waals surface area contributed by atoms with Gasteiger partial charge in [0, 0.05) is 25.9 Å². The molecule has 0 spiro atoms. The molecule has 5 heteroatoms. The molecule has 0 aliphatic carbocycles. The van der Waals surface area contributed by atoms with Crippen molar-refractivity contribution in [2.45, 2.75) is 0 Å². The highest BCUT2D eigenvalue weighted by atomic mass is 15.2. The molecular weight excluding hydrogens is 226 g/mol. The largest absolute Gasteiger partial charge is 0.340 e. The van der Waals surface area contributed by atoms with E-state index in [0.717, 1.165) is 28.0 Å². The van der Waals surface area contributed by atoms with E-state index >= 15 is 0 Å². The molecule has 0 radical (unpaired) electrons. The number of aryl methyl sites for hydroxylation is 2. The quantitative estimate of drug-likeness (QED) is 0.687. The Bertz CT molecular complexity index is 735. The summed E-state index contributed by atoms with van der Waals surface area (Å²) in [5.41, 5.74) is 4.89. The maximum atomic E-state index is 4.30. The van der Waals surface area contributed by atoms with Crippen LogP contribution in [0.2, 0.25) is 0 Å². The second-order valence-electron chi connectivity index (χ2n) is 4.19. The summed E-state index contributed by atoms with van der Waals surface area (Å²) in [5, 5.41) is 4.19. The van der Waals surface area contributed by atoms with Crippen molar-refractivity contribution in [3.8, 4) is 11.3 Å². The lowest BCUT2D eigenvalue weighted by molar-refractivity contribution is 0.768. The Morgan fingerprint density at radius 3 is 2.78 bits per heavy atom. The zero-order valence-corrected chi connectivity index (χ0v) is 10.3. The zero-order valence-electron chi connectivity index (χ0n) is 10.3. The molecule has 0 aromatic carbocycles. The maximum Gasteiger partial charge on any atom is 0.116 e. The molecular formula is C13H13N5. The molecule has 3 heterocycles. The van der Waals surface area contributed by atoms with Crippen LogP contribution < -0.4 is 0 Å². The molecule has 3 rings (SSSR count). The lowest BCUT2D eigenvalue weighted by Crippen LogP contribution is -1.94. The normalized spacial score (nSPS) is 11.0. The van der Waals surface area contributed by atoms with Crippen LogP contribution in [-0.4, -0.2) is 24.3 Å². The fraction of sp³-hybridized carbons (Fsp3) is 0.154. The van der Waals surface area contributed by atoms with Gasteiger partial charge in [-0.3, -0.25) is 4.68 Å². The predicted octanol–water partition coefficient (Wildman–Crippen LogP) is 2.01. The molecule has 18 heavy (non-hydrogen) atoms. The van der Waals surface area contributed by atoms with Crippen LogP contribution in [0.1, 0.15) is 5.69 Å². The number of fused-ring (bicyclic) bond motifs is 1. The van der Waals surface area contributed by atoms with E-state index in [-0.39, 0.29) is 0 Å². The molecule has 0 saturated carbocycles. The Hall–Kier alpha value is -2.43. The fourth-order valence-corrected chi connectivity index (χ4v) is 2.18. The second-order valence-corrected chi connectivity index (χ2v) is 4.19. The number of hydrogen-bond acceptors (Lipinski definition) is 3. The Labute approximate surface area is 104 Å². The molecule has 90 valence electrons. The molecule has 3 aromatic heterocycles. The first-order valence-electron chi connectivity index (χ1n) is 5.62. The van der Waals surface area contributed by atoms with Gasteiger partial charge in [0.2, 0.25) is 0 Å². The number of aromatic nitrogens is 5. The van der Waals surface area contributed by atoms with E-state index in [1.165, 1.54) is 0 Å². The van der Waals surface area contributed by atoms with Crippen LogP contribution in [0.4, 0.5) is 0 Å². The minimum atomic E-state index is 0.845. The average molecular weight is 239 g/mol. The van der Waals surface area contributed by atoms with E-state index in [4.69, 9.17) is 0 Å². The first-order chi connectivity index (χ1) is 8.70. The fourth-order valence-electron chi connectivity index (χ4n) is 2.18. The van der Waals surface area contributed by atoms with Crippen molar-refractivity contribution >= 4 is 17.1 Å². The smallest absolute Gasteiger partial charge is 0.116 e. The zero-order chi connectivity index (χ0) is 12.7. The van der Waals surface area contributed by atoms with Gasteiger partial charge in [0.05, 0.1) is 28.6 Å². The van der Waals surface area contributed by atoms with E-state index in [1.54, 1.807) is 17.1 Å². The Morgan fingerprint density at radius 2 is 2.11 bits per heavy atom. The Kier molecular flexibility index (Phi) is 2.26. The number of rotatable bonds is 2. The second kappa shape index (κ2) is 3.80. The third kappa shape index (κ3) is 1.44. The van der Waals surface area contributed by atoms with Gasteiger partial charge in [-0.25, -0.2) is 9.97 Å².